The van der Waals surface area contributed by atoms with Crippen LogP contribution in [0, 0.1) is 12.8 Å². The number of hydrogen-bond donors (Lipinski definition) is 2. The number of aryl methyl sites for hydroxylation is 1. The Morgan fingerprint density at radius 2 is 2.20 bits per heavy atom. The van der Waals surface area contributed by atoms with Crippen LogP contribution in [-0.2, 0) is 0 Å². The molecule has 0 radical (unpaired) electrons. The highest BCUT2D eigenvalue weighted by atomic mass is 15.4. The van der Waals surface area contributed by atoms with Crippen molar-refractivity contribution in [2.24, 2.45) is 11.7 Å². The summed E-state index contributed by atoms with van der Waals surface area (Å²) >= 11 is 0. The Morgan fingerprint density at radius 1 is 1.40 bits per heavy atom. The summed E-state index contributed by atoms with van der Waals surface area (Å²) in [6, 6.07) is 3.95. The van der Waals surface area contributed by atoms with Crippen LogP contribution >= 0.6 is 0 Å². The van der Waals surface area contributed by atoms with Gasteiger partial charge in [0.1, 0.15) is 0 Å². The van der Waals surface area contributed by atoms with Crippen LogP contribution in [0.1, 0.15) is 18.5 Å². The van der Waals surface area contributed by atoms with Gasteiger partial charge in [0, 0.05) is 30.5 Å². The number of aromatic amines is 1. The Bertz CT molecular complexity index is 571. The van der Waals surface area contributed by atoms with E-state index in [0.717, 1.165) is 55.5 Å². The maximum Gasteiger partial charge on any atom is 0.245 e. The first-order valence-corrected chi connectivity index (χ1v) is 7.06. The van der Waals surface area contributed by atoms with Crippen molar-refractivity contribution >= 4 is 5.95 Å². The lowest BCUT2D eigenvalue weighted by molar-refractivity contribution is 0.411. The summed E-state index contributed by atoms with van der Waals surface area (Å²) in [4.78, 5) is 11.0. The van der Waals surface area contributed by atoms with Crippen molar-refractivity contribution in [3.8, 4) is 11.4 Å². The zero-order valence-electron chi connectivity index (χ0n) is 11.7. The minimum atomic E-state index is 0.646. The Hall–Kier alpha value is -1.95. The minimum absolute atomic E-state index is 0.646. The Balaban J connectivity index is 1.74. The van der Waals surface area contributed by atoms with Crippen molar-refractivity contribution in [2.75, 3.05) is 24.5 Å². The molecular formula is C14H20N6. The first-order chi connectivity index (χ1) is 9.76. The molecule has 3 heterocycles. The molecule has 2 aromatic heterocycles. The molecule has 0 spiro atoms. The summed E-state index contributed by atoms with van der Waals surface area (Å²) in [5, 5.41) is 7.35. The molecule has 1 fully saturated rings. The lowest BCUT2D eigenvalue weighted by atomic mass is 9.97. The first kappa shape index (κ1) is 13.1. The van der Waals surface area contributed by atoms with Crippen LogP contribution in [0.4, 0.5) is 5.95 Å². The van der Waals surface area contributed by atoms with E-state index < -0.39 is 0 Å². The van der Waals surface area contributed by atoms with Crippen LogP contribution in [0.3, 0.4) is 0 Å². The molecule has 0 atom stereocenters. The van der Waals surface area contributed by atoms with Crippen LogP contribution in [0.25, 0.3) is 11.4 Å². The largest absolute Gasteiger partial charge is 0.340 e. The molecule has 20 heavy (non-hydrogen) atoms. The summed E-state index contributed by atoms with van der Waals surface area (Å²) in [5.41, 5.74) is 7.72. The molecule has 0 aromatic carbocycles. The number of nitrogens with one attached hydrogen (secondary N) is 1. The lowest BCUT2D eigenvalue weighted by Gasteiger charge is -2.30. The van der Waals surface area contributed by atoms with Crippen LogP contribution in [-0.4, -0.2) is 39.8 Å². The van der Waals surface area contributed by atoms with Gasteiger partial charge in [0.25, 0.3) is 0 Å². The Labute approximate surface area is 118 Å². The van der Waals surface area contributed by atoms with Gasteiger partial charge in [0.05, 0.1) is 0 Å². The second kappa shape index (κ2) is 5.58. The van der Waals surface area contributed by atoms with Gasteiger partial charge in [-0.05, 0) is 44.4 Å². The van der Waals surface area contributed by atoms with Crippen LogP contribution in [0.5, 0.6) is 0 Å². The molecule has 0 aliphatic carbocycles. The lowest BCUT2D eigenvalue weighted by Crippen LogP contribution is -2.36. The molecule has 3 N–H and O–H groups in total. The molecule has 2 aromatic rings. The van der Waals surface area contributed by atoms with Gasteiger partial charge in [-0.2, -0.15) is 4.98 Å². The SMILES string of the molecule is Cc1cc(-c2nc(N3CCC(CN)CC3)n[nH]2)ccn1. The van der Waals surface area contributed by atoms with Gasteiger partial charge in [-0.25, -0.2) is 0 Å². The highest BCUT2D eigenvalue weighted by Gasteiger charge is 2.21. The summed E-state index contributed by atoms with van der Waals surface area (Å²) in [5.74, 6) is 2.23. The molecule has 1 saturated heterocycles. The second-order valence-corrected chi connectivity index (χ2v) is 5.34. The molecule has 0 unspecified atom stereocenters. The third kappa shape index (κ3) is 2.65. The number of aromatic nitrogens is 4. The molecule has 106 valence electrons. The van der Waals surface area contributed by atoms with Crippen molar-refractivity contribution < 1.29 is 0 Å². The normalized spacial score (nSPS) is 16.6. The van der Waals surface area contributed by atoms with Gasteiger partial charge in [0.15, 0.2) is 5.82 Å². The molecule has 3 rings (SSSR count). The molecule has 1 aliphatic heterocycles. The molecule has 6 nitrogen and oxygen atoms in total. The number of piperidine rings is 1. The van der Waals surface area contributed by atoms with E-state index >= 15 is 0 Å². The Morgan fingerprint density at radius 3 is 2.90 bits per heavy atom. The fourth-order valence-electron chi connectivity index (χ4n) is 2.58. The zero-order valence-corrected chi connectivity index (χ0v) is 11.7. The van der Waals surface area contributed by atoms with E-state index in [2.05, 4.69) is 25.1 Å². The molecule has 1 aliphatic rings. The number of nitrogens with two attached hydrogens (primary N) is 1. The molecule has 6 heteroatoms. The summed E-state index contributed by atoms with van der Waals surface area (Å²) in [6.07, 6.45) is 4.03. The zero-order chi connectivity index (χ0) is 13.9. The molecule has 0 amide bonds. The fourth-order valence-corrected chi connectivity index (χ4v) is 2.58. The van der Waals surface area contributed by atoms with Gasteiger partial charge in [0.2, 0.25) is 5.95 Å². The van der Waals surface area contributed by atoms with E-state index in [9.17, 15) is 0 Å². The molecule has 0 bridgehead atoms. The number of rotatable bonds is 3. The highest BCUT2D eigenvalue weighted by molar-refractivity contribution is 5.56. The summed E-state index contributed by atoms with van der Waals surface area (Å²) in [7, 11) is 0. The fraction of sp³-hybridized carbons (Fsp3) is 0.500. The maximum absolute atomic E-state index is 5.72. The first-order valence-electron chi connectivity index (χ1n) is 7.06. The van der Waals surface area contributed by atoms with Crippen molar-refractivity contribution in [2.45, 2.75) is 19.8 Å². The maximum atomic E-state index is 5.72. The van der Waals surface area contributed by atoms with Gasteiger partial charge < -0.3 is 10.6 Å². The number of anilines is 1. The Kier molecular flexibility index (Phi) is 3.64. The topological polar surface area (TPSA) is 83.7 Å². The van der Waals surface area contributed by atoms with E-state index in [1.54, 1.807) is 6.20 Å². The van der Waals surface area contributed by atoms with Gasteiger partial charge in [-0.1, -0.05) is 0 Å². The number of pyridine rings is 1. The van der Waals surface area contributed by atoms with E-state index in [1.165, 1.54) is 0 Å². The van der Waals surface area contributed by atoms with E-state index in [-0.39, 0.29) is 0 Å². The van der Waals surface area contributed by atoms with E-state index in [4.69, 9.17) is 5.73 Å². The predicted octanol–water partition coefficient (Wildman–Crippen LogP) is 1.35. The van der Waals surface area contributed by atoms with Crippen LogP contribution < -0.4 is 10.6 Å². The van der Waals surface area contributed by atoms with Crippen molar-refractivity contribution in [1.82, 2.24) is 20.2 Å². The van der Waals surface area contributed by atoms with E-state index in [1.807, 2.05) is 19.1 Å². The number of H-pyrrole nitrogens is 1. The number of nitrogens with zero attached hydrogens (tertiary/aromatic N) is 4. The van der Waals surface area contributed by atoms with Crippen LogP contribution in [0.2, 0.25) is 0 Å². The average Bonchev–Trinajstić information content (AvgIpc) is 2.97. The highest BCUT2D eigenvalue weighted by Crippen LogP contribution is 2.22. The van der Waals surface area contributed by atoms with Crippen molar-refractivity contribution in [1.29, 1.82) is 0 Å². The van der Waals surface area contributed by atoms with E-state index in [0.29, 0.717) is 5.92 Å². The van der Waals surface area contributed by atoms with Gasteiger partial charge in [-0.3, -0.25) is 10.1 Å². The smallest absolute Gasteiger partial charge is 0.245 e. The average molecular weight is 272 g/mol. The van der Waals surface area contributed by atoms with Gasteiger partial charge in [-0.15, -0.1) is 5.10 Å². The monoisotopic (exact) mass is 272 g/mol. The van der Waals surface area contributed by atoms with Gasteiger partial charge >= 0.3 is 0 Å². The van der Waals surface area contributed by atoms with Crippen molar-refractivity contribution in [3.05, 3.63) is 24.0 Å². The predicted molar refractivity (Wildman–Crippen MR) is 78.3 cm³/mol. The van der Waals surface area contributed by atoms with Crippen molar-refractivity contribution in [3.63, 3.8) is 0 Å². The third-order valence-electron chi connectivity index (χ3n) is 3.87. The summed E-state index contributed by atoms with van der Waals surface area (Å²) in [6.45, 7) is 4.71. The molecule has 0 saturated carbocycles. The second-order valence-electron chi connectivity index (χ2n) is 5.34. The number of hydrogen-bond acceptors (Lipinski definition) is 5. The summed E-state index contributed by atoms with van der Waals surface area (Å²) < 4.78 is 0. The molecular weight excluding hydrogens is 252 g/mol. The standard InChI is InChI=1S/C14H20N6/c1-10-8-12(2-5-16-10)13-17-14(19-18-13)20-6-3-11(9-15)4-7-20/h2,5,8,11H,3-4,6-7,9,15H2,1H3,(H,17,18,19). The van der Waals surface area contributed by atoms with Crippen LogP contribution in [0.15, 0.2) is 18.3 Å². The third-order valence-corrected chi connectivity index (χ3v) is 3.87. The quantitative estimate of drug-likeness (QED) is 0.881. The minimum Gasteiger partial charge on any atom is -0.340 e.